The van der Waals surface area contributed by atoms with E-state index in [-0.39, 0.29) is 25.0 Å². The number of carbonyl (C=O) groups is 2. The number of amides is 2. The molecular weight excluding hydrogens is 468 g/mol. The lowest BCUT2D eigenvalue weighted by Crippen LogP contribution is -2.49. The van der Waals surface area contributed by atoms with E-state index in [9.17, 15) is 9.59 Å². The average molecular weight is 496 g/mol. The second kappa shape index (κ2) is 11.4. The summed E-state index contributed by atoms with van der Waals surface area (Å²) in [5.41, 5.74) is 1.95. The highest BCUT2D eigenvalue weighted by Gasteiger charge is 2.29. The first-order valence-electron chi connectivity index (χ1n) is 9.95. The molecule has 0 aromatic heterocycles. The third-order valence-corrected chi connectivity index (χ3v) is 5.89. The SMILES string of the molecule is CC[C@H](C(=O)NC)N(Cc1ccccc1Cl)C(=O)COc1ccc(C(C)C)cc1Br. The van der Waals surface area contributed by atoms with Crippen LogP contribution < -0.4 is 10.1 Å². The van der Waals surface area contributed by atoms with Gasteiger partial charge in [-0.15, -0.1) is 0 Å². The van der Waals surface area contributed by atoms with E-state index < -0.39 is 6.04 Å². The van der Waals surface area contributed by atoms with Crippen molar-refractivity contribution >= 4 is 39.3 Å². The first kappa shape index (κ1) is 24.2. The number of ether oxygens (including phenoxy) is 1. The molecule has 0 saturated carbocycles. The van der Waals surface area contributed by atoms with Crippen LogP contribution in [-0.2, 0) is 16.1 Å². The van der Waals surface area contributed by atoms with Gasteiger partial charge in [-0.3, -0.25) is 9.59 Å². The number of rotatable bonds is 9. The van der Waals surface area contributed by atoms with Crippen LogP contribution in [-0.4, -0.2) is 36.4 Å². The summed E-state index contributed by atoms with van der Waals surface area (Å²) in [5, 5.41) is 3.19. The molecule has 0 radical (unpaired) electrons. The van der Waals surface area contributed by atoms with Gasteiger partial charge in [-0.1, -0.05) is 56.6 Å². The van der Waals surface area contributed by atoms with Crippen LogP contribution >= 0.6 is 27.5 Å². The number of nitrogens with one attached hydrogen (secondary N) is 1. The highest BCUT2D eigenvalue weighted by atomic mass is 79.9. The molecule has 0 unspecified atom stereocenters. The maximum atomic E-state index is 13.1. The van der Waals surface area contributed by atoms with Crippen LogP contribution in [0.1, 0.15) is 44.2 Å². The van der Waals surface area contributed by atoms with Gasteiger partial charge in [0.1, 0.15) is 11.8 Å². The average Bonchev–Trinajstić information content (AvgIpc) is 2.73. The van der Waals surface area contributed by atoms with Gasteiger partial charge >= 0.3 is 0 Å². The van der Waals surface area contributed by atoms with Gasteiger partial charge < -0.3 is 15.0 Å². The summed E-state index contributed by atoms with van der Waals surface area (Å²) < 4.78 is 6.58. The Balaban J connectivity index is 2.21. The Morgan fingerprint density at radius 1 is 1.20 bits per heavy atom. The van der Waals surface area contributed by atoms with Crippen LogP contribution in [0.2, 0.25) is 5.02 Å². The van der Waals surface area contributed by atoms with Gasteiger partial charge in [0.15, 0.2) is 6.61 Å². The summed E-state index contributed by atoms with van der Waals surface area (Å²) in [4.78, 5) is 27.0. The van der Waals surface area contributed by atoms with Gasteiger partial charge in [0.25, 0.3) is 5.91 Å². The molecule has 0 aliphatic rings. The molecule has 2 aromatic carbocycles. The summed E-state index contributed by atoms with van der Waals surface area (Å²) in [5.74, 6) is 0.463. The zero-order valence-corrected chi connectivity index (χ0v) is 20.1. The largest absolute Gasteiger partial charge is 0.483 e. The molecular formula is C23H28BrClN2O3. The van der Waals surface area contributed by atoms with E-state index in [4.69, 9.17) is 16.3 Å². The van der Waals surface area contributed by atoms with Gasteiger partial charge in [0.2, 0.25) is 5.91 Å². The Morgan fingerprint density at radius 2 is 1.90 bits per heavy atom. The molecule has 2 rings (SSSR count). The normalized spacial score (nSPS) is 11.8. The minimum Gasteiger partial charge on any atom is -0.483 e. The molecule has 30 heavy (non-hydrogen) atoms. The van der Waals surface area contributed by atoms with Crippen LogP contribution in [0.25, 0.3) is 0 Å². The van der Waals surface area contributed by atoms with Crippen molar-refractivity contribution in [2.45, 2.75) is 45.7 Å². The number of nitrogens with zero attached hydrogens (tertiary/aromatic N) is 1. The fraction of sp³-hybridized carbons (Fsp3) is 0.391. The Morgan fingerprint density at radius 3 is 2.47 bits per heavy atom. The molecule has 0 spiro atoms. The Hall–Kier alpha value is -2.05. The van der Waals surface area contributed by atoms with Gasteiger partial charge in [-0.25, -0.2) is 0 Å². The lowest BCUT2D eigenvalue weighted by atomic mass is 10.0. The van der Waals surface area contributed by atoms with E-state index in [2.05, 4.69) is 35.1 Å². The van der Waals surface area contributed by atoms with Gasteiger partial charge in [-0.05, 0) is 57.6 Å². The predicted molar refractivity (Wildman–Crippen MR) is 124 cm³/mol. The summed E-state index contributed by atoms with van der Waals surface area (Å²) in [7, 11) is 1.56. The third kappa shape index (κ3) is 6.22. The number of benzene rings is 2. The molecule has 0 aliphatic heterocycles. The first-order valence-corrected chi connectivity index (χ1v) is 11.1. The molecule has 0 heterocycles. The van der Waals surface area contributed by atoms with Crippen LogP contribution in [0.4, 0.5) is 0 Å². The lowest BCUT2D eigenvalue weighted by Gasteiger charge is -2.30. The minimum absolute atomic E-state index is 0.183. The standard InChI is InChI=1S/C23H28BrClN2O3/c1-5-20(23(29)26-4)27(13-17-8-6-7-9-19(17)25)22(28)14-30-21-11-10-16(15(2)3)12-18(21)24/h6-12,15,20H,5,13-14H2,1-4H3,(H,26,29)/t20-/m1/s1. The molecule has 1 atom stereocenters. The van der Waals surface area contributed by atoms with E-state index in [1.54, 1.807) is 13.1 Å². The summed E-state index contributed by atoms with van der Waals surface area (Å²) >= 11 is 9.80. The molecule has 1 N–H and O–H groups in total. The van der Waals surface area contributed by atoms with E-state index in [1.807, 2.05) is 43.3 Å². The molecule has 0 aliphatic carbocycles. The van der Waals surface area contributed by atoms with Crippen LogP contribution in [0.15, 0.2) is 46.9 Å². The summed E-state index contributed by atoms with van der Waals surface area (Å²) in [6, 6.07) is 12.5. The lowest BCUT2D eigenvalue weighted by molar-refractivity contribution is -0.142. The van der Waals surface area contributed by atoms with Crippen molar-refractivity contribution < 1.29 is 14.3 Å². The van der Waals surface area contributed by atoms with Crippen LogP contribution in [0.3, 0.4) is 0 Å². The quantitative estimate of drug-likeness (QED) is 0.523. The van der Waals surface area contributed by atoms with Crippen molar-refractivity contribution in [2.75, 3.05) is 13.7 Å². The molecule has 0 fully saturated rings. The topological polar surface area (TPSA) is 58.6 Å². The number of carbonyl (C=O) groups excluding carboxylic acids is 2. The first-order chi connectivity index (χ1) is 14.3. The number of hydrogen-bond acceptors (Lipinski definition) is 3. The van der Waals surface area contributed by atoms with Crippen molar-refractivity contribution in [3.63, 3.8) is 0 Å². The molecule has 2 aromatic rings. The zero-order chi connectivity index (χ0) is 22.3. The molecule has 7 heteroatoms. The van der Waals surface area contributed by atoms with Crippen LogP contribution in [0.5, 0.6) is 5.75 Å². The molecule has 162 valence electrons. The smallest absolute Gasteiger partial charge is 0.261 e. The van der Waals surface area contributed by atoms with E-state index in [0.29, 0.717) is 23.1 Å². The Bertz CT molecular complexity index is 889. The monoisotopic (exact) mass is 494 g/mol. The van der Waals surface area contributed by atoms with Crippen molar-refractivity contribution in [2.24, 2.45) is 0 Å². The summed E-state index contributed by atoms with van der Waals surface area (Å²) in [6.07, 6.45) is 0.475. The predicted octanol–water partition coefficient (Wildman–Crippen LogP) is 5.16. The maximum absolute atomic E-state index is 13.1. The fourth-order valence-electron chi connectivity index (χ4n) is 3.11. The fourth-order valence-corrected chi connectivity index (χ4v) is 3.82. The molecule has 0 saturated heterocycles. The Kier molecular flexibility index (Phi) is 9.18. The zero-order valence-electron chi connectivity index (χ0n) is 17.7. The number of halogens is 2. The van der Waals surface area contributed by atoms with Gasteiger partial charge in [-0.2, -0.15) is 0 Å². The number of likely N-dealkylation sites (N-methyl/N-ethyl adjacent to an activating group) is 1. The van der Waals surface area contributed by atoms with Crippen molar-refractivity contribution in [1.82, 2.24) is 10.2 Å². The van der Waals surface area contributed by atoms with Crippen molar-refractivity contribution in [3.8, 4) is 5.75 Å². The molecule has 0 bridgehead atoms. The molecule has 2 amide bonds. The molecule has 5 nitrogen and oxygen atoms in total. The van der Waals surface area contributed by atoms with Gasteiger partial charge in [0, 0.05) is 18.6 Å². The summed E-state index contributed by atoms with van der Waals surface area (Å²) in [6.45, 7) is 6.14. The van der Waals surface area contributed by atoms with Crippen LogP contribution in [0, 0.1) is 0 Å². The number of hydrogen-bond donors (Lipinski definition) is 1. The highest BCUT2D eigenvalue weighted by molar-refractivity contribution is 9.10. The maximum Gasteiger partial charge on any atom is 0.261 e. The Labute approximate surface area is 191 Å². The van der Waals surface area contributed by atoms with E-state index in [1.165, 1.54) is 10.5 Å². The van der Waals surface area contributed by atoms with Crippen molar-refractivity contribution in [3.05, 3.63) is 63.1 Å². The third-order valence-electron chi connectivity index (χ3n) is 4.90. The highest BCUT2D eigenvalue weighted by Crippen LogP contribution is 2.29. The van der Waals surface area contributed by atoms with Gasteiger partial charge in [0.05, 0.1) is 4.47 Å². The second-order valence-corrected chi connectivity index (χ2v) is 8.55. The van der Waals surface area contributed by atoms with E-state index >= 15 is 0 Å². The second-order valence-electron chi connectivity index (χ2n) is 7.28. The van der Waals surface area contributed by atoms with Crippen molar-refractivity contribution in [1.29, 1.82) is 0 Å². The van der Waals surface area contributed by atoms with E-state index in [0.717, 1.165) is 10.0 Å². The minimum atomic E-state index is -0.617.